The third-order valence-corrected chi connectivity index (χ3v) is 4.58. The molecule has 2 rings (SSSR count). The fraction of sp³-hybridized carbons (Fsp3) is 0.200. The molecule has 0 aromatic heterocycles. The summed E-state index contributed by atoms with van der Waals surface area (Å²) in [5.41, 5.74) is 2.27. The fourth-order valence-corrected chi connectivity index (χ4v) is 3.88. The SMILES string of the molecule is CNC(Cc1ccc(Cl)cc1Cl)c1cc(Br)cc(Br)c1. The summed E-state index contributed by atoms with van der Waals surface area (Å²) < 4.78 is 2.09. The van der Waals surface area contributed by atoms with Gasteiger partial charge in [-0.25, -0.2) is 0 Å². The molecule has 2 aromatic rings. The van der Waals surface area contributed by atoms with Crippen molar-refractivity contribution in [3.05, 3.63) is 66.5 Å². The summed E-state index contributed by atoms with van der Waals surface area (Å²) in [6.45, 7) is 0. The Balaban J connectivity index is 2.28. The fourth-order valence-electron chi connectivity index (χ4n) is 2.07. The second kappa shape index (κ2) is 7.28. The molecule has 0 aliphatic heterocycles. The molecule has 0 saturated heterocycles. The molecule has 1 atom stereocenters. The van der Waals surface area contributed by atoms with Crippen LogP contribution in [0, 0.1) is 0 Å². The van der Waals surface area contributed by atoms with Gasteiger partial charge in [0.25, 0.3) is 0 Å². The van der Waals surface area contributed by atoms with E-state index in [9.17, 15) is 0 Å². The number of nitrogens with one attached hydrogen (secondary N) is 1. The molecule has 0 heterocycles. The van der Waals surface area contributed by atoms with Crippen LogP contribution in [0.5, 0.6) is 0 Å². The predicted octanol–water partition coefficient (Wildman–Crippen LogP) is 6.02. The number of hydrogen-bond donors (Lipinski definition) is 1. The maximum absolute atomic E-state index is 6.25. The van der Waals surface area contributed by atoms with Crippen molar-refractivity contribution in [2.45, 2.75) is 12.5 Å². The normalized spacial score (nSPS) is 12.4. The molecule has 0 aliphatic rings. The number of likely N-dealkylation sites (N-methyl/N-ethyl adjacent to an activating group) is 1. The standard InChI is InChI=1S/C15H13Br2Cl2N/c1-20-15(10-4-11(16)7-12(17)5-10)6-9-2-3-13(18)8-14(9)19/h2-5,7-8,15,20H,6H2,1H3. The first-order chi connectivity index (χ1) is 9.49. The summed E-state index contributed by atoms with van der Waals surface area (Å²) in [6, 6.07) is 12.0. The van der Waals surface area contributed by atoms with E-state index in [1.165, 1.54) is 5.56 Å². The summed E-state index contributed by atoms with van der Waals surface area (Å²) >= 11 is 19.2. The van der Waals surface area contributed by atoms with Crippen LogP contribution >= 0.6 is 55.1 Å². The van der Waals surface area contributed by atoms with Crippen molar-refractivity contribution in [2.24, 2.45) is 0 Å². The second-order valence-corrected chi connectivity index (χ2v) is 7.16. The molecule has 20 heavy (non-hydrogen) atoms. The van der Waals surface area contributed by atoms with Gasteiger partial charge in [0.15, 0.2) is 0 Å². The van der Waals surface area contributed by atoms with Crippen molar-refractivity contribution >= 4 is 55.1 Å². The highest BCUT2D eigenvalue weighted by molar-refractivity contribution is 9.11. The van der Waals surface area contributed by atoms with E-state index in [0.717, 1.165) is 20.9 Å². The van der Waals surface area contributed by atoms with E-state index in [4.69, 9.17) is 23.2 Å². The lowest BCUT2D eigenvalue weighted by atomic mass is 9.99. The van der Waals surface area contributed by atoms with E-state index in [2.05, 4.69) is 49.3 Å². The minimum atomic E-state index is 0.183. The number of hydrogen-bond acceptors (Lipinski definition) is 1. The minimum Gasteiger partial charge on any atom is -0.313 e. The summed E-state index contributed by atoms with van der Waals surface area (Å²) in [4.78, 5) is 0. The average Bonchev–Trinajstić information content (AvgIpc) is 2.36. The van der Waals surface area contributed by atoms with Crippen LogP contribution in [0.25, 0.3) is 0 Å². The van der Waals surface area contributed by atoms with Crippen molar-refractivity contribution in [1.29, 1.82) is 0 Å². The van der Waals surface area contributed by atoms with E-state index in [-0.39, 0.29) is 6.04 Å². The van der Waals surface area contributed by atoms with Crippen molar-refractivity contribution in [2.75, 3.05) is 7.05 Å². The van der Waals surface area contributed by atoms with Gasteiger partial charge in [-0.15, -0.1) is 0 Å². The molecule has 106 valence electrons. The van der Waals surface area contributed by atoms with Gasteiger partial charge >= 0.3 is 0 Å². The lowest BCUT2D eigenvalue weighted by Crippen LogP contribution is -2.19. The van der Waals surface area contributed by atoms with Gasteiger partial charge in [0.2, 0.25) is 0 Å². The van der Waals surface area contributed by atoms with Crippen LogP contribution in [-0.4, -0.2) is 7.05 Å². The highest BCUT2D eigenvalue weighted by Crippen LogP contribution is 2.29. The van der Waals surface area contributed by atoms with Gasteiger partial charge in [-0.1, -0.05) is 61.1 Å². The molecule has 0 amide bonds. The molecule has 0 bridgehead atoms. The molecule has 5 heteroatoms. The molecule has 2 aromatic carbocycles. The molecular weight excluding hydrogens is 425 g/mol. The zero-order valence-corrected chi connectivity index (χ0v) is 15.4. The molecule has 0 aliphatic carbocycles. The van der Waals surface area contributed by atoms with Crippen molar-refractivity contribution in [1.82, 2.24) is 5.32 Å². The second-order valence-electron chi connectivity index (χ2n) is 4.48. The first kappa shape index (κ1) is 16.3. The maximum Gasteiger partial charge on any atom is 0.0453 e. The van der Waals surface area contributed by atoms with Crippen LogP contribution < -0.4 is 5.32 Å². The summed E-state index contributed by atoms with van der Waals surface area (Å²) in [5.74, 6) is 0. The zero-order chi connectivity index (χ0) is 14.7. The van der Waals surface area contributed by atoms with E-state index in [0.29, 0.717) is 10.0 Å². The van der Waals surface area contributed by atoms with Gasteiger partial charge < -0.3 is 5.32 Å². The molecular formula is C15H13Br2Cl2N. The molecule has 1 N–H and O–H groups in total. The molecule has 1 unspecified atom stereocenters. The summed E-state index contributed by atoms with van der Waals surface area (Å²) in [7, 11) is 1.95. The Morgan fingerprint density at radius 1 is 1.05 bits per heavy atom. The summed E-state index contributed by atoms with van der Waals surface area (Å²) in [6.07, 6.45) is 0.801. The Kier molecular flexibility index (Phi) is 5.94. The quantitative estimate of drug-likeness (QED) is 0.616. The predicted molar refractivity (Wildman–Crippen MR) is 93.8 cm³/mol. The van der Waals surface area contributed by atoms with Crippen LogP contribution in [0.15, 0.2) is 45.3 Å². The monoisotopic (exact) mass is 435 g/mol. The zero-order valence-electron chi connectivity index (χ0n) is 10.8. The van der Waals surface area contributed by atoms with Gasteiger partial charge in [0.1, 0.15) is 0 Å². The molecule has 0 saturated carbocycles. The first-order valence-electron chi connectivity index (χ1n) is 6.07. The third kappa shape index (κ3) is 4.22. The number of benzene rings is 2. The molecule has 0 radical (unpaired) electrons. The Hall–Kier alpha value is -0.0600. The van der Waals surface area contributed by atoms with Crippen LogP contribution in [-0.2, 0) is 6.42 Å². The largest absolute Gasteiger partial charge is 0.313 e. The molecule has 1 nitrogen and oxygen atoms in total. The van der Waals surface area contributed by atoms with E-state index >= 15 is 0 Å². The van der Waals surface area contributed by atoms with Gasteiger partial charge in [0.05, 0.1) is 0 Å². The Morgan fingerprint density at radius 3 is 2.25 bits per heavy atom. The van der Waals surface area contributed by atoms with Crippen LogP contribution in [0.1, 0.15) is 17.2 Å². The van der Waals surface area contributed by atoms with Crippen LogP contribution in [0.3, 0.4) is 0 Å². The summed E-state index contributed by atoms with van der Waals surface area (Å²) in [5, 5.41) is 4.69. The smallest absolute Gasteiger partial charge is 0.0453 e. The Bertz CT molecular complexity index is 597. The van der Waals surface area contributed by atoms with Gasteiger partial charge in [-0.3, -0.25) is 0 Å². The minimum absolute atomic E-state index is 0.183. The topological polar surface area (TPSA) is 12.0 Å². The highest BCUT2D eigenvalue weighted by Gasteiger charge is 2.13. The van der Waals surface area contributed by atoms with E-state index in [1.807, 2.05) is 25.2 Å². The third-order valence-electron chi connectivity index (χ3n) is 3.07. The van der Waals surface area contributed by atoms with Crippen molar-refractivity contribution in [3.63, 3.8) is 0 Å². The van der Waals surface area contributed by atoms with E-state index < -0.39 is 0 Å². The van der Waals surface area contributed by atoms with Gasteiger partial charge in [-0.05, 0) is 54.9 Å². The van der Waals surface area contributed by atoms with Crippen molar-refractivity contribution in [3.8, 4) is 0 Å². The van der Waals surface area contributed by atoms with E-state index in [1.54, 1.807) is 6.07 Å². The lowest BCUT2D eigenvalue weighted by Gasteiger charge is -2.18. The highest BCUT2D eigenvalue weighted by atomic mass is 79.9. The van der Waals surface area contributed by atoms with Gasteiger partial charge in [0, 0.05) is 25.0 Å². The molecule has 0 spiro atoms. The van der Waals surface area contributed by atoms with Crippen molar-refractivity contribution < 1.29 is 0 Å². The maximum atomic E-state index is 6.25. The average molecular weight is 438 g/mol. The number of rotatable bonds is 4. The Morgan fingerprint density at radius 2 is 1.70 bits per heavy atom. The lowest BCUT2D eigenvalue weighted by molar-refractivity contribution is 0.591. The van der Waals surface area contributed by atoms with Crippen LogP contribution in [0.2, 0.25) is 10.0 Å². The van der Waals surface area contributed by atoms with Crippen LogP contribution in [0.4, 0.5) is 0 Å². The van der Waals surface area contributed by atoms with Gasteiger partial charge in [-0.2, -0.15) is 0 Å². The number of halogens is 4. The molecule has 0 fully saturated rings. The Labute approximate surface area is 145 Å². The first-order valence-corrected chi connectivity index (χ1v) is 8.41.